The van der Waals surface area contributed by atoms with Crippen LogP contribution < -0.4 is 5.69 Å². The molecule has 178 valence electrons. The van der Waals surface area contributed by atoms with Crippen LogP contribution in [0.5, 0.6) is 0 Å². The minimum Gasteiger partial charge on any atom is -0.296 e. The molecule has 1 N–H and O–H groups in total. The maximum Gasteiger partial charge on any atom is 0.328 e. The van der Waals surface area contributed by atoms with E-state index in [0.29, 0.717) is 18.3 Å². The maximum absolute atomic E-state index is 13.3. The third-order valence-electron chi connectivity index (χ3n) is 6.20. The van der Waals surface area contributed by atoms with Crippen molar-refractivity contribution in [2.45, 2.75) is 66.5 Å². The minimum atomic E-state index is 0.0918. The average molecular weight is 460 g/mol. The highest BCUT2D eigenvalue weighted by atomic mass is 16.1. The van der Waals surface area contributed by atoms with Crippen molar-refractivity contribution in [1.82, 2.24) is 34.7 Å². The fraction of sp³-hybridized carbons (Fsp3) is 0.423. The van der Waals surface area contributed by atoms with E-state index in [9.17, 15) is 4.79 Å². The van der Waals surface area contributed by atoms with Crippen LogP contribution in [0.25, 0.3) is 22.5 Å². The number of hydrogen-bond acceptors (Lipinski definition) is 5. The van der Waals surface area contributed by atoms with E-state index in [1.165, 1.54) is 6.42 Å². The van der Waals surface area contributed by atoms with Gasteiger partial charge in [-0.15, -0.1) is 5.10 Å². The number of H-pyrrole nitrogens is 1. The number of rotatable bonds is 10. The first-order chi connectivity index (χ1) is 16.5. The van der Waals surface area contributed by atoms with Crippen molar-refractivity contribution in [3.05, 3.63) is 70.2 Å². The first-order valence-corrected chi connectivity index (χ1v) is 12.1. The van der Waals surface area contributed by atoms with Gasteiger partial charge in [0.2, 0.25) is 0 Å². The van der Waals surface area contributed by atoms with Crippen molar-refractivity contribution >= 4 is 0 Å². The topological polar surface area (TPSA) is 94.3 Å². The van der Waals surface area contributed by atoms with Crippen molar-refractivity contribution in [2.24, 2.45) is 5.92 Å². The minimum absolute atomic E-state index is 0.0918. The number of hydrogen-bond donors (Lipinski definition) is 1. The Labute approximate surface area is 200 Å². The van der Waals surface area contributed by atoms with Crippen molar-refractivity contribution < 1.29 is 0 Å². The summed E-state index contributed by atoms with van der Waals surface area (Å²) in [5, 5.41) is 14.2. The van der Waals surface area contributed by atoms with E-state index in [4.69, 9.17) is 0 Å². The molecule has 3 aromatic heterocycles. The van der Waals surface area contributed by atoms with Crippen LogP contribution in [-0.4, -0.2) is 34.7 Å². The Bertz CT molecular complexity index is 1270. The van der Waals surface area contributed by atoms with Gasteiger partial charge < -0.3 is 0 Å². The van der Waals surface area contributed by atoms with Crippen LogP contribution in [-0.2, 0) is 19.5 Å². The molecule has 0 spiro atoms. The van der Waals surface area contributed by atoms with Crippen molar-refractivity contribution in [1.29, 1.82) is 0 Å². The van der Waals surface area contributed by atoms with E-state index < -0.39 is 0 Å². The van der Waals surface area contributed by atoms with Crippen molar-refractivity contribution in [2.75, 3.05) is 0 Å². The van der Waals surface area contributed by atoms with E-state index in [1.807, 2.05) is 21.4 Å². The summed E-state index contributed by atoms with van der Waals surface area (Å²) in [7, 11) is 0. The number of unbranched alkanes of at least 4 members (excludes halogenated alkanes) is 2. The molecule has 0 saturated heterocycles. The molecule has 8 heteroatoms. The number of aromatic amines is 1. The van der Waals surface area contributed by atoms with Gasteiger partial charge in [0.05, 0.1) is 6.54 Å². The SMILES string of the molecule is CCCCCc1c(C)n(CC(C)C)c(=O)n1Cc1ccc(-c2cnccc2-c2nnn[nH]2)cc1. The van der Waals surface area contributed by atoms with Gasteiger partial charge >= 0.3 is 5.69 Å². The molecule has 0 saturated carbocycles. The Hall–Kier alpha value is -3.55. The number of pyridine rings is 1. The van der Waals surface area contributed by atoms with Gasteiger partial charge in [-0.2, -0.15) is 0 Å². The van der Waals surface area contributed by atoms with Gasteiger partial charge in [-0.1, -0.05) is 57.9 Å². The van der Waals surface area contributed by atoms with Gasteiger partial charge in [0.15, 0.2) is 5.82 Å². The lowest BCUT2D eigenvalue weighted by Crippen LogP contribution is -2.27. The molecule has 0 amide bonds. The summed E-state index contributed by atoms with van der Waals surface area (Å²) in [6.45, 7) is 9.92. The Morgan fingerprint density at radius 3 is 2.50 bits per heavy atom. The largest absolute Gasteiger partial charge is 0.328 e. The number of tetrazole rings is 1. The summed E-state index contributed by atoms with van der Waals surface area (Å²) in [6.07, 6.45) is 7.92. The van der Waals surface area contributed by atoms with Crippen LogP contribution in [0.2, 0.25) is 0 Å². The summed E-state index contributed by atoms with van der Waals surface area (Å²) in [5.41, 5.74) is 6.31. The third-order valence-corrected chi connectivity index (χ3v) is 6.20. The molecule has 0 atom stereocenters. The molecule has 0 aliphatic heterocycles. The number of nitrogens with one attached hydrogen (secondary N) is 1. The van der Waals surface area contributed by atoms with Gasteiger partial charge in [-0.05, 0) is 53.3 Å². The summed E-state index contributed by atoms with van der Waals surface area (Å²) in [4.78, 5) is 17.6. The molecule has 34 heavy (non-hydrogen) atoms. The van der Waals surface area contributed by atoms with E-state index in [2.05, 4.69) is 77.6 Å². The van der Waals surface area contributed by atoms with E-state index >= 15 is 0 Å². The summed E-state index contributed by atoms with van der Waals surface area (Å²) < 4.78 is 3.92. The molecule has 4 aromatic rings. The quantitative estimate of drug-likeness (QED) is 0.349. The number of nitrogens with zero attached hydrogens (tertiary/aromatic N) is 6. The monoisotopic (exact) mass is 459 g/mol. The highest BCUT2D eigenvalue weighted by molar-refractivity contribution is 5.79. The molecule has 0 radical (unpaired) electrons. The van der Waals surface area contributed by atoms with Crippen LogP contribution in [0.4, 0.5) is 0 Å². The Morgan fingerprint density at radius 1 is 1.03 bits per heavy atom. The van der Waals surface area contributed by atoms with Gasteiger partial charge in [0.25, 0.3) is 0 Å². The zero-order valence-corrected chi connectivity index (χ0v) is 20.5. The molecular formula is C26H33N7O. The zero-order chi connectivity index (χ0) is 24.1. The van der Waals surface area contributed by atoms with E-state index in [-0.39, 0.29) is 5.69 Å². The smallest absolute Gasteiger partial charge is 0.296 e. The normalized spacial score (nSPS) is 11.4. The highest BCUT2D eigenvalue weighted by Gasteiger charge is 2.18. The molecule has 0 aliphatic carbocycles. The first-order valence-electron chi connectivity index (χ1n) is 12.1. The van der Waals surface area contributed by atoms with E-state index in [0.717, 1.165) is 59.4 Å². The summed E-state index contributed by atoms with van der Waals surface area (Å²) >= 11 is 0. The number of aromatic nitrogens is 7. The summed E-state index contributed by atoms with van der Waals surface area (Å²) in [6, 6.07) is 10.2. The molecule has 0 unspecified atom stereocenters. The first kappa shape index (κ1) is 23.6. The predicted molar refractivity (Wildman–Crippen MR) is 133 cm³/mol. The van der Waals surface area contributed by atoms with Gasteiger partial charge in [0.1, 0.15) is 0 Å². The standard InChI is InChI=1S/C26H33N7O/c1-5-6-7-8-24-19(4)32(16-18(2)3)26(34)33(24)17-20-9-11-21(12-10-20)23-15-27-14-13-22(23)25-28-30-31-29-25/h9-15,18H,5-8,16-17H2,1-4H3,(H,28,29,30,31). The van der Waals surface area contributed by atoms with Crippen LogP contribution in [0.15, 0.2) is 47.5 Å². The lowest BCUT2D eigenvalue weighted by atomic mass is 10.0. The Kier molecular flexibility index (Phi) is 7.35. The van der Waals surface area contributed by atoms with Crippen LogP contribution in [0.3, 0.4) is 0 Å². The van der Waals surface area contributed by atoms with Crippen LogP contribution in [0.1, 0.15) is 57.0 Å². The van der Waals surface area contributed by atoms with Crippen LogP contribution in [0, 0.1) is 12.8 Å². The second kappa shape index (κ2) is 10.6. The average Bonchev–Trinajstić information content (AvgIpc) is 3.45. The highest BCUT2D eigenvalue weighted by Crippen LogP contribution is 2.29. The lowest BCUT2D eigenvalue weighted by Gasteiger charge is -2.10. The lowest BCUT2D eigenvalue weighted by molar-refractivity contribution is 0.497. The van der Waals surface area contributed by atoms with Crippen molar-refractivity contribution in [3.63, 3.8) is 0 Å². The molecule has 0 fully saturated rings. The molecule has 0 aliphatic rings. The van der Waals surface area contributed by atoms with Crippen molar-refractivity contribution in [3.8, 4) is 22.5 Å². The second-order valence-corrected chi connectivity index (χ2v) is 9.23. The zero-order valence-electron chi connectivity index (χ0n) is 20.5. The number of benzene rings is 1. The van der Waals surface area contributed by atoms with Gasteiger partial charge in [-0.3, -0.25) is 14.1 Å². The molecular weight excluding hydrogens is 426 g/mol. The molecule has 4 rings (SSSR count). The molecule has 0 bridgehead atoms. The molecule has 8 nitrogen and oxygen atoms in total. The molecule has 1 aromatic carbocycles. The summed E-state index contributed by atoms with van der Waals surface area (Å²) in [5.74, 6) is 1.02. The van der Waals surface area contributed by atoms with E-state index in [1.54, 1.807) is 6.20 Å². The van der Waals surface area contributed by atoms with Crippen LogP contribution >= 0.6 is 0 Å². The second-order valence-electron chi connectivity index (χ2n) is 9.23. The maximum atomic E-state index is 13.3. The Balaban J connectivity index is 1.64. The molecule has 3 heterocycles. The fourth-order valence-electron chi connectivity index (χ4n) is 4.43. The van der Waals surface area contributed by atoms with Gasteiger partial charge in [-0.25, -0.2) is 9.89 Å². The Morgan fingerprint density at radius 2 is 1.82 bits per heavy atom. The van der Waals surface area contributed by atoms with Gasteiger partial charge in [0, 0.05) is 41.5 Å². The fourth-order valence-corrected chi connectivity index (χ4v) is 4.43. The third kappa shape index (κ3) is 5.00. The predicted octanol–water partition coefficient (Wildman–Crippen LogP) is 4.64. The number of imidazole rings is 1.